The minimum Gasteiger partial charge on any atom is -0.352 e. The van der Waals surface area contributed by atoms with E-state index in [2.05, 4.69) is 15.4 Å². The Morgan fingerprint density at radius 2 is 2.32 bits per heavy atom. The lowest BCUT2D eigenvalue weighted by atomic mass is 9.95. The highest BCUT2D eigenvalue weighted by atomic mass is 16.1. The summed E-state index contributed by atoms with van der Waals surface area (Å²) < 4.78 is 1.70. The highest BCUT2D eigenvalue weighted by Gasteiger charge is 2.31. The quantitative estimate of drug-likeness (QED) is 0.870. The van der Waals surface area contributed by atoms with E-state index in [9.17, 15) is 4.79 Å². The molecule has 0 unspecified atom stereocenters. The molecule has 3 N–H and O–H groups in total. The molecule has 1 aliphatic carbocycles. The van der Waals surface area contributed by atoms with Crippen LogP contribution in [0.15, 0.2) is 36.8 Å². The van der Waals surface area contributed by atoms with Gasteiger partial charge in [0.1, 0.15) is 0 Å². The maximum Gasteiger partial charge on any atom is 0.223 e. The van der Waals surface area contributed by atoms with E-state index in [1.165, 1.54) is 0 Å². The fourth-order valence-corrected chi connectivity index (χ4v) is 3.08. The summed E-state index contributed by atoms with van der Waals surface area (Å²) in [5, 5.41) is 7.19. The second-order valence-electron chi connectivity index (χ2n) is 5.72. The molecule has 1 aliphatic rings. The van der Waals surface area contributed by atoms with Crippen LogP contribution in [0.25, 0.3) is 5.82 Å². The number of hydrogen-bond acceptors (Lipinski definition) is 4. The molecule has 22 heavy (non-hydrogen) atoms. The van der Waals surface area contributed by atoms with Crippen LogP contribution in [0.4, 0.5) is 0 Å². The zero-order valence-corrected chi connectivity index (χ0v) is 12.5. The topological polar surface area (TPSA) is 85.8 Å². The molecule has 3 rings (SSSR count). The highest BCUT2D eigenvalue weighted by Crippen LogP contribution is 2.30. The number of nitrogens with zero attached hydrogens (tertiary/aromatic N) is 3. The molecule has 0 spiro atoms. The maximum atomic E-state index is 12.3. The van der Waals surface area contributed by atoms with Gasteiger partial charge in [0.25, 0.3) is 0 Å². The summed E-state index contributed by atoms with van der Waals surface area (Å²) >= 11 is 0. The first-order valence-corrected chi connectivity index (χ1v) is 7.70. The van der Waals surface area contributed by atoms with Gasteiger partial charge in [0.05, 0.1) is 0 Å². The van der Waals surface area contributed by atoms with Crippen molar-refractivity contribution < 1.29 is 4.79 Å². The molecule has 1 fully saturated rings. The molecule has 116 valence electrons. The van der Waals surface area contributed by atoms with Crippen LogP contribution in [-0.2, 0) is 11.3 Å². The van der Waals surface area contributed by atoms with Gasteiger partial charge in [-0.3, -0.25) is 4.79 Å². The lowest BCUT2D eigenvalue weighted by Gasteiger charge is -2.17. The third-order valence-corrected chi connectivity index (χ3v) is 4.31. The standard InChI is InChI=1S/C16H21N5O/c17-10-13-3-1-4-14(13)16(22)19-11-12-5-7-18-15(9-12)21-8-2-6-20-21/h2,5-9,13-14H,1,3-4,10-11,17H2,(H,19,22)/t13-,14-/m1/s1. The average Bonchev–Trinajstić information content (AvgIpc) is 3.23. The van der Waals surface area contributed by atoms with Crippen molar-refractivity contribution in [2.75, 3.05) is 6.54 Å². The van der Waals surface area contributed by atoms with E-state index in [0.717, 1.165) is 30.6 Å². The van der Waals surface area contributed by atoms with Gasteiger partial charge in [-0.1, -0.05) is 6.42 Å². The lowest BCUT2D eigenvalue weighted by molar-refractivity contribution is -0.126. The molecule has 2 aromatic heterocycles. The van der Waals surface area contributed by atoms with Crippen LogP contribution in [0.1, 0.15) is 24.8 Å². The number of carbonyl (C=O) groups excluding carboxylic acids is 1. The van der Waals surface area contributed by atoms with Gasteiger partial charge in [-0.05, 0) is 49.1 Å². The first-order valence-electron chi connectivity index (χ1n) is 7.70. The van der Waals surface area contributed by atoms with Crippen LogP contribution in [0.3, 0.4) is 0 Å². The Morgan fingerprint density at radius 1 is 1.41 bits per heavy atom. The maximum absolute atomic E-state index is 12.3. The summed E-state index contributed by atoms with van der Waals surface area (Å²) in [5.74, 6) is 1.26. The van der Waals surface area contributed by atoms with Gasteiger partial charge in [0.15, 0.2) is 5.82 Å². The van der Waals surface area contributed by atoms with Crippen molar-refractivity contribution in [2.45, 2.75) is 25.8 Å². The number of nitrogens with two attached hydrogens (primary N) is 1. The zero-order chi connectivity index (χ0) is 15.4. The Bertz CT molecular complexity index is 625. The number of hydrogen-bond donors (Lipinski definition) is 2. The third kappa shape index (κ3) is 3.17. The van der Waals surface area contributed by atoms with Crippen LogP contribution < -0.4 is 11.1 Å². The number of amides is 1. The number of pyridine rings is 1. The van der Waals surface area contributed by atoms with E-state index in [1.807, 2.05) is 24.4 Å². The lowest BCUT2D eigenvalue weighted by Crippen LogP contribution is -2.34. The summed E-state index contributed by atoms with van der Waals surface area (Å²) in [4.78, 5) is 16.6. The molecule has 1 amide bonds. The van der Waals surface area contributed by atoms with Crippen LogP contribution in [0.2, 0.25) is 0 Å². The Balaban J connectivity index is 1.62. The second-order valence-corrected chi connectivity index (χ2v) is 5.72. The van der Waals surface area contributed by atoms with Gasteiger partial charge in [-0.15, -0.1) is 0 Å². The summed E-state index contributed by atoms with van der Waals surface area (Å²) in [6.45, 7) is 1.10. The van der Waals surface area contributed by atoms with Crippen molar-refractivity contribution >= 4 is 5.91 Å². The van der Waals surface area contributed by atoms with E-state index in [-0.39, 0.29) is 11.8 Å². The molecular formula is C16H21N5O. The fraction of sp³-hybridized carbons (Fsp3) is 0.438. The Morgan fingerprint density at radius 3 is 3.09 bits per heavy atom. The Labute approximate surface area is 129 Å². The van der Waals surface area contributed by atoms with Gasteiger partial charge >= 0.3 is 0 Å². The molecule has 2 aromatic rings. The van der Waals surface area contributed by atoms with Gasteiger partial charge in [-0.2, -0.15) is 5.10 Å². The predicted molar refractivity (Wildman–Crippen MR) is 83.1 cm³/mol. The van der Waals surface area contributed by atoms with Crippen LogP contribution in [-0.4, -0.2) is 27.2 Å². The van der Waals surface area contributed by atoms with Crippen molar-refractivity contribution in [1.29, 1.82) is 0 Å². The normalized spacial score (nSPS) is 21.0. The molecule has 6 nitrogen and oxygen atoms in total. The SMILES string of the molecule is NC[C@H]1CCC[C@H]1C(=O)NCc1ccnc(-n2cccn2)c1. The van der Waals surface area contributed by atoms with Gasteiger partial charge in [0.2, 0.25) is 5.91 Å². The first kappa shape index (κ1) is 14.7. The first-order chi connectivity index (χ1) is 10.8. The zero-order valence-electron chi connectivity index (χ0n) is 12.5. The molecule has 0 saturated heterocycles. The summed E-state index contributed by atoms with van der Waals surface area (Å²) in [5.41, 5.74) is 6.76. The van der Waals surface area contributed by atoms with Gasteiger partial charge in [0, 0.05) is 31.1 Å². The molecule has 6 heteroatoms. The van der Waals surface area contributed by atoms with Crippen molar-refractivity contribution in [3.63, 3.8) is 0 Å². The number of nitrogens with one attached hydrogen (secondary N) is 1. The monoisotopic (exact) mass is 299 g/mol. The van der Waals surface area contributed by atoms with Gasteiger partial charge < -0.3 is 11.1 Å². The minimum absolute atomic E-state index is 0.0671. The Hall–Kier alpha value is -2.21. The fourth-order valence-electron chi connectivity index (χ4n) is 3.08. The smallest absolute Gasteiger partial charge is 0.223 e. The molecule has 0 radical (unpaired) electrons. The molecule has 0 aliphatic heterocycles. The minimum atomic E-state index is 0.0671. The number of aromatic nitrogens is 3. The summed E-state index contributed by atoms with van der Waals surface area (Å²) in [7, 11) is 0. The molecular weight excluding hydrogens is 278 g/mol. The molecule has 1 saturated carbocycles. The molecule has 2 atom stereocenters. The average molecular weight is 299 g/mol. The van der Waals surface area contributed by atoms with E-state index in [1.54, 1.807) is 17.1 Å². The van der Waals surface area contributed by atoms with Crippen LogP contribution >= 0.6 is 0 Å². The summed E-state index contributed by atoms with van der Waals surface area (Å²) in [6.07, 6.45) is 8.39. The van der Waals surface area contributed by atoms with Gasteiger partial charge in [-0.25, -0.2) is 9.67 Å². The van der Waals surface area contributed by atoms with E-state index in [0.29, 0.717) is 19.0 Å². The van der Waals surface area contributed by atoms with E-state index < -0.39 is 0 Å². The predicted octanol–water partition coefficient (Wildman–Crippen LogP) is 1.26. The van der Waals surface area contributed by atoms with E-state index >= 15 is 0 Å². The number of carbonyl (C=O) groups is 1. The van der Waals surface area contributed by atoms with Crippen molar-refractivity contribution in [2.24, 2.45) is 17.6 Å². The number of rotatable bonds is 5. The Kier molecular flexibility index (Phi) is 4.48. The highest BCUT2D eigenvalue weighted by molar-refractivity contribution is 5.79. The van der Waals surface area contributed by atoms with Crippen molar-refractivity contribution in [3.8, 4) is 5.82 Å². The summed E-state index contributed by atoms with van der Waals surface area (Å²) in [6, 6.07) is 5.69. The molecule has 0 aromatic carbocycles. The molecule has 2 heterocycles. The van der Waals surface area contributed by atoms with Crippen LogP contribution in [0, 0.1) is 11.8 Å². The van der Waals surface area contributed by atoms with Crippen molar-refractivity contribution in [1.82, 2.24) is 20.1 Å². The largest absolute Gasteiger partial charge is 0.352 e. The third-order valence-electron chi connectivity index (χ3n) is 4.31. The molecule has 0 bridgehead atoms. The second kappa shape index (κ2) is 6.70. The van der Waals surface area contributed by atoms with Crippen LogP contribution in [0.5, 0.6) is 0 Å². The van der Waals surface area contributed by atoms with E-state index in [4.69, 9.17) is 5.73 Å². The van der Waals surface area contributed by atoms with Crippen molar-refractivity contribution in [3.05, 3.63) is 42.4 Å².